The molecule has 1 fully saturated rings. The predicted molar refractivity (Wildman–Crippen MR) is 77.4 cm³/mol. The van der Waals surface area contributed by atoms with Gasteiger partial charge in [0.1, 0.15) is 0 Å². The van der Waals surface area contributed by atoms with E-state index in [4.69, 9.17) is 0 Å². The van der Waals surface area contributed by atoms with Gasteiger partial charge in [0, 0.05) is 30.2 Å². The molecule has 2 heterocycles. The number of para-hydroxylation sites is 1. The lowest BCUT2D eigenvalue weighted by Gasteiger charge is -2.33. The zero-order valence-electron chi connectivity index (χ0n) is 12.0. The van der Waals surface area contributed by atoms with E-state index in [-0.39, 0.29) is 25.3 Å². The number of aromatic amines is 1. The summed E-state index contributed by atoms with van der Waals surface area (Å²) in [6, 6.07) is 7.58. The lowest BCUT2D eigenvalue weighted by molar-refractivity contribution is -0.187. The number of piperidine rings is 1. The van der Waals surface area contributed by atoms with Gasteiger partial charge in [-0.05, 0) is 24.5 Å². The zero-order valence-corrected chi connectivity index (χ0v) is 12.0. The van der Waals surface area contributed by atoms with Crippen LogP contribution in [-0.2, 0) is 11.2 Å². The topological polar surface area (TPSA) is 36.1 Å². The van der Waals surface area contributed by atoms with Crippen molar-refractivity contribution in [3.05, 3.63) is 36.0 Å². The molecule has 0 bridgehead atoms. The summed E-state index contributed by atoms with van der Waals surface area (Å²) >= 11 is 0. The summed E-state index contributed by atoms with van der Waals surface area (Å²) in [5, 5.41) is 0.945. The monoisotopic (exact) mass is 310 g/mol. The normalized spacial score (nSPS) is 19.6. The fourth-order valence-corrected chi connectivity index (χ4v) is 3.02. The van der Waals surface area contributed by atoms with E-state index in [0.717, 1.165) is 16.5 Å². The first-order valence-corrected chi connectivity index (χ1v) is 7.34. The van der Waals surface area contributed by atoms with E-state index in [2.05, 4.69) is 4.98 Å². The molecule has 118 valence electrons. The standard InChI is InChI=1S/C16H17F3N2O/c17-16(18,19)12-4-3-7-21(10-12)15(22)8-11-9-20-14-6-2-1-5-13(11)14/h1-2,5-6,9,12,20H,3-4,7-8,10H2/t12-/m1/s1. The Morgan fingerprint density at radius 3 is 2.86 bits per heavy atom. The summed E-state index contributed by atoms with van der Waals surface area (Å²) in [4.78, 5) is 16.8. The number of fused-ring (bicyclic) bond motifs is 1. The first kappa shape index (κ1) is 14.9. The third-order valence-corrected chi connectivity index (χ3v) is 4.25. The van der Waals surface area contributed by atoms with Crippen LogP contribution >= 0.6 is 0 Å². The Labute approximate surface area is 126 Å². The smallest absolute Gasteiger partial charge is 0.361 e. The molecule has 22 heavy (non-hydrogen) atoms. The number of nitrogens with zero attached hydrogens (tertiary/aromatic N) is 1. The van der Waals surface area contributed by atoms with Crippen molar-refractivity contribution in [2.24, 2.45) is 5.92 Å². The number of benzene rings is 1. The van der Waals surface area contributed by atoms with Crippen molar-refractivity contribution in [1.82, 2.24) is 9.88 Å². The molecular formula is C16H17F3N2O. The minimum Gasteiger partial charge on any atom is -0.361 e. The molecule has 0 aliphatic carbocycles. The average Bonchev–Trinajstić information content (AvgIpc) is 2.90. The SMILES string of the molecule is O=C(Cc1c[nH]c2ccccc12)N1CCC[C@@H](C(F)(F)F)C1. The molecule has 1 aliphatic rings. The van der Waals surface area contributed by atoms with E-state index in [1.54, 1.807) is 6.20 Å². The van der Waals surface area contributed by atoms with Gasteiger partial charge in [0.25, 0.3) is 0 Å². The number of likely N-dealkylation sites (tertiary alicyclic amines) is 1. The number of hydrogen-bond donors (Lipinski definition) is 1. The van der Waals surface area contributed by atoms with E-state index < -0.39 is 12.1 Å². The molecule has 0 unspecified atom stereocenters. The number of carbonyl (C=O) groups is 1. The number of rotatable bonds is 2. The molecule has 2 aromatic rings. The van der Waals surface area contributed by atoms with Gasteiger partial charge in [-0.1, -0.05) is 18.2 Å². The summed E-state index contributed by atoms with van der Waals surface area (Å²) in [7, 11) is 0. The summed E-state index contributed by atoms with van der Waals surface area (Å²) in [6.45, 7) is 0.193. The van der Waals surface area contributed by atoms with E-state index in [1.165, 1.54) is 4.90 Å². The Bertz CT molecular complexity index is 677. The summed E-state index contributed by atoms with van der Waals surface area (Å²) in [5.41, 5.74) is 1.76. The Balaban J connectivity index is 1.71. The van der Waals surface area contributed by atoms with Crippen LogP contribution in [0.5, 0.6) is 0 Å². The summed E-state index contributed by atoms with van der Waals surface area (Å²) < 4.78 is 38.5. The van der Waals surface area contributed by atoms with Crippen LogP contribution < -0.4 is 0 Å². The van der Waals surface area contributed by atoms with E-state index >= 15 is 0 Å². The molecular weight excluding hydrogens is 293 g/mol. The van der Waals surface area contributed by atoms with Crippen molar-refractivity contribution in [2.75, 3.05) is 13.1 Å². The number of aromatic nitrogens is 1. The van der Waals surface area contributed by atoms with Gasteiger partial charge < -0.3 is 9.88 Å². The van der Waals surface area contributed by atoms with Gasteiger partial charge in [-0.3, -0.25) is 4.79 Å². The van der Waals surface area contributed by atoms with Crippen LogP contribution in [0.3, 0.4) is 0 Å². The maximum absolute atomic E-state index is 12.8. The molecule has 6 heteroatoms. The van der Waals surface area contributed by atoms with Crippen LogP contribution in [0.25, 0.3) is 10.9 Å². The Morgan fingerprint density at radius 2 is 2.09 bits per heavy atom. The first-order valence-electron chi connectivity index (χ1n) is 7.34. The Morgan fingerprint density at radius 1 is 1.32 bits per heavy atom. The van der Waals surface area contributed by atoms with Crippen molar-refractivity contribution in [3.8, 4) is 0 Å². The average molecular weight is 310 g/mol. The molecule has 3 rings (SSSR count). The minimum absolute atomic E-state index is 0.111. The maximum Gasteiger partial charge on any atom is 0.393 e. The lowest BCUT2D eigenvalue weighted by Crippen LogP contribution is -2.45. The molecule has 3 nitrogen and oxygen atoms in total. The molecule has 1 atom stereocenters. The van der Waals surface area contributed by atoms with Crippen molar-refractivity contribution < 1.29 is 18.0 Å². The first-order chi connectivity index (χ1) is 10.4. The number of hydrogen-bond acceptors (Lipinski definition) is 1. The van der Waals surface area contributed by atoms with Crippen molar-refractivity contribution in [3.63, 3.8) is 0 Å². The fraction of sp³-hybridized carbons (Fsp3) is 0.438. The molecule has 1 amide bonds. The zero-order chi connectivity index (χ0) is 15.7. The molecule has 1 saturated heterocycles. The second kappa shape index (κ2) is 5.66. The van der Waals surface area contributed by atoms with Gasteiger partial charge in [0.05, 0.1) is 12.3 Å². The van der Waals surface area contributed by atoms with Crippen molar-refractivity contribution in [2.45, 2.75) is 25.4 Å². The second-order valence-corrected chi connectivity index (χ2v) is 5.76. The molecule has 1 aliphatic heterocycles. The largest absolute Gasteiger partial charge is 0.393 e. The second-order valence-electron chi connectivity index (χ2n) is 5.76. The van der Waals surface area contributed by atoms with E-state index in [9.17, 15) is 18.0 Å². The van der Waals surface area contributed by atoms with Crippen LogP contribution in [0.4, 0.5) is 13.2 Å². The van der Waals surface area contributed by atoms with Gasteiger partial charge in [-0.2, -0.15) is 13.2 Å². The van der Waals surface area contributed by atoms with Gasteiger partial charge in [0.15, 0.2) is 0 Å². The van der Waals surface area contributed by atoms with Gasteiger partial charge in [-0.15, -0.1) is 0 Å². The van der Waals surface area contributed by atoms with Gasteiger partial charge in [-0.25, -0.2) is 0 Å². The molecule has 1 aromatic carbocycles. The molecule has 0 radical (unpaired) electrons. The van der Waals surface area contributed by atoms with Gasteiger partial charge in [0.2, 0.25) is 5.91 Å². The van der Waals surface area contributed by atoms with Crippen LogP contribution in [0.2, 0.25) is 0 Å². The lowest BCUT2D eigenvalue weighted by atomic mass is 9.97. The van der Waals surface area contributed by atoms with Crippen LogP contribution in [0, 0.1) is 5.92 Å². The number of nitrogens with one attached hydrogen (secondary N) is 1. The molecule has 0 saturated carbocycles. The van der Waals surface area contributed by atoms with Crippen LogP contribution in [0.1, 0.15) is 18.4 Å². The summed E-state index contributed by atoms with van der Waals surface area (Å²) in [5.74, 6) is -1.63. The molecule has 1 N–H and O–H groups in total. The van der Waals surface area contributed by atoms with Crippen molar-refractivity contribution >= 4 is 16.8 Å². The third-order valence-electron chi connectivity index (χ3n) is 4.25. The Hall–Kier alpha value is -1.98. The van der Waals surface area contributed by atoms with Gasteiger partial charge >= 0.3 is 6.18 Å². The van der Waals surface area contributed by atoms with E-state index in [0.29, 0.717) is 13.0 Å². The van der Waals surface area contributed by atoms with Crippen LogP contribution in [-0.4, -0.2) is 35.1 Å². The van der Waals surface area contributed by atoms with Crippen LogP contribution in [0.15, 0.2) is 30.5 Å². The van der Waals surface area contributed by atoms with E-state index in [1.807, 2.05) is 24.3 Å². The minimum atomic E-state index is -4.22. The maximum atomic E-state index is 12.8. The predicted octanol–water partition coefficient (Wildman–Crippen LogP) is 3.51. The number of H-pyrrole nitrogens is 1. The molecule has 0 spiro atoms. The fourth-order valence-electron chi connectivity index (χ4n) is 3.02. The number of amides is 1. The molecule has 1 aromatic heterocycles. The highest BCUT2D eigenvalue weighted by atomic mass is 19.4. The summed E-state index contributed by atoms with van der Waals surface area (Å²) in [6.07, 6.45) is -1.81. The third kappa shape index (κ3) is 2.96. The highest BCUT2D eigenvalue weighted by molar-refractivity contribution is 5.88. The number of alkyl halides is 3. The quantitative estimate of drug-likeness (QED) is 0.905. The van der Waals surface area contributed by atoms with Crippen molar-refractivity contribution in [1.29, 1.82) is 0 Å². The highest BCUT2D eigenvalue weighted by Gasteiger charge is 2.42. The number of halogens is 3. The Kier molecular flexibility index (Phi) is 3.85. The highest BCUT2D eigenvalue weighted by Crippen LogP contribution is 2.33. The number of carbonyl (C=O) groups excluding carboxylic acids is 1.